The van der Waals surface area contributed by atoms with E-state index < -0.39 is 30.3 Å². The van der Waals surface area contributed by atoms with Crippen molar-refractivity contribution < 1.29 is 24.2 Å². The van der Waals surface area contributed by atoms with Gasteiger partial charge < -0.3 is 20.1 Å². The predicted octanol–water partition coefficient (Wildman–Crippen LogP) is 0.905. The zero-order valence-electron chi connectivity index (χ0n) is 16.2. The molecule has 0 aliphatic carbocycles. The van der Waals surface area contributed by atoms with Gasteiger partial charge in [-0.25, -0.2) is 9.78 Å². The zero-order valence-corrected chi connectivity index (χ0v) is 16.2. The molecule has 0 aliphatic rings. The summed E-state index contributed by atoms with van der Waals surface area (Å²) in [5.41, 5.74) is 0.751. The summed E-state index contributed by atoms with van der Waals surface area (Å²) < 4.78 is 5.05. The second-order valence-electron chi connectivity index (χ2n) is 6.31. The summed E-state index contributed by atoms with van der Waals surface area (Å²) in [6.45, 7) is -0.394. The van der Waals surface area contributed by atoms with E-state index in [1.54, 1.807) is 48.8 Å². The van der Waals surface area contributed by atoms with E-state index in [0.717, 1.165) is 10.4 Å². The number of tetrazole rings is 1. The molecule has 3 rings (SSSR count). The first-order chi connectivity index (χ1) is 15.0. The molecule has 1 amide bonds. The minimum Gasteiger partial charge on any atom is -0.481 e. The number of aromatic nitrogens is 6. The maximum atomic E-state index is 12.5. The first-order valence-corrected chi connectivity index (χ1v) is 9.16. The molecule has 3 N–H and O–H groups in total. The van der Waals surface area contributed by atoms with Crippen LogP contribution in [0.2, 0.25) is 0 Å². The highest BCUT2D eigenvalue weighted by Gasteiger charge is 2.25. The van der Waals surface area contributed by atoms with Crippen molar-refractivity contribution in [3.63, 3.8) is 0 Å². The molecule has 0 saturated carbocycles. The molecule has 1 unspecified atom stereocenters. The number of carboxylic acid groups (broad SMARTS) is 1. The van der Waals surface area contributed by atoms with Crippen molar-refractivity contribution in [1.29, 1.82) is 0 Å². The second-order valence-corrected chi connectivity index (χ2v) is 6.31. The van der Waals surface area contributed by atoms with E-state index in [9.17, 15) is 14.4 Å². The number of ketones is 1. The van der Waals surface area contributed by atoms with Crippen LogP contribution in [0.25, 0.3) is 12.2 Å². The highest BCUT2D eigenvalue weighted by molar-refractivity contribution is 5.90. The van der Waals surface area contributed by atoms with Crippen LogP contribution in [0.3, 0.4) is 0 Å². The van der Waals surface area contributed by atoms with Gasteiger partial charge in [0, 0.05) is 12.4 Å². The molecular weight excluding hydrogens is 406 g/mol. The average molecular weight is 425 g/mol. The maximum Gasteiger partial charge on any atom is 0.408 e. The maximum absolute atomic E-state index is 12.5. The largest absolute Gasteiger partial charge is 0.481 e. The summed E-state index contributed by atoms with van der Waals surface area (Å²) in [6, 6.07) is 7.62. The number of amides is 1. The molecule has 0 radical (unpaired) electrons. The van der Waals surface area contributed by atoms with Crippen LogP contribution in [0.5, 0.6) is 0 Å². The number of alkyl carbamates (subject to hydrolysis) is 1. The van der Waals surface area contributed by atoms with Crippen molar-refractivity contribution >= 4 is 30.0 Å². The first kappa shape index (κ1) is 21.4. The molecule has 2 aromatic heterocycles. The molecular formula is C19H19N7O5. The molecule has 0 aliphatic heterocycles. The second kappa shape index (κ2) is 10.4. The third-order valence-corrected chi connectivity index (χ3v) is 3.95. The normalized spacial score (nSPS) is 11.9. The monoisotopic (exact) mass is 425 g/mol. The van der Waals surface area contributed by atoms with Gasteiger partial charge in [-0.1, -0.05) is 30.3 Å². The van der Waals surface area contributed by atoms with Gasteiger partial charge in [0.15, 0.2) is 11.6 Å². The number of aromatic amines is 1. The topological polar surface area (TPSA) is 165 Å². The summed E-state index contributed by atoms with van der Waals surface area (Å²) in [5.74, 6) is -1.05. The molecule has 0 saturated heterocycles. The number of hydrogen-bond donors (Lipinski definition) is 3. The number of aliphatic carboxylic acids is 1. The lowest BCUT2D eigenvalue weighted by Crippen LogP contribution is -2.44. The van der Waals surface area contributed by atoms with Crippen LogP contribution >= 0.6 is 0 Å². The van der Waals surface area contributed by atoms with Gasteiger partial charge in [0.25, 0.3) is 0 Å². The van der Waals surface area contributed by atoms with Gasteiger partial charge in [0.05, 0.1) is 6.42 Å². The van der Waals surface area contributed by atoms with Crippen molar-refractivity contribution in [2.24, 2.45) is 0 Å². The number of benzene rings is 1. The molecule has 1 aromatic carbocycles. The highest BCUT2D eigenvalue weighted by atomic mass is 16.5. The fraction of sp³-hybridized carbons (Fsp3) is 0.211. The van der Waals surface area contributed by atoms with Gasteiger partial charge >= 0.3 is 12.1 Å². The molecule has 31 heavy (non-hydrogen) atoms. The number of imidazole rings is 1. The number of carbonyl (C=O) groups excluding carboxylic acids is 2. The third-order valence-electron chi connectivity index (χ3n) is 3.95. The molecule has 12 heteroatoms. The summed E-state index contributed by atoms with van der Waals surface area (Å²) >= 11 is 0. The van der Waals surface area contributed by atoms with Gasteiger partial charge in [0.2, 0.25) is 0 Å². The number of nitrogens with one attached hydrogen (secondary N) is 2. The van der Waals surface area contributed by atoms with Crippen LogP contribution in [-0.4, -0.2) is 59.2 Å². The van der Waals surface area contributed by atoms with E-state index in [1.165, 1.54) is 0 Å². The third kappa shape index (κ3) is 6.88. The lowest BCUT2D eigenvalue weighted by Gasteiger charge is -2.15. The minimum atomic E-state index is -1.31. The number of carbonyl (C=O) groups is 3. The van der Waals surface area contributed by atoms with Crippen LogP contribution in [0.1, 0.15) is 23.6 Å². The van der Waals surface area contributed by atoms with Crippen LogP contribution in [0.4, 0.5) is 4.79 Å². The Balaban J connectivity index is 1.56. The quantitative estimate of drug-likeness (QED) is 0.428. The fourth-order valence-electron chi connectivity index (χ4n) is 2.49. The van der Waals surface area contributed by atoms with Crippen molar-refractivity contribution in [3.05, 3.63) is 59.9 Å². The molecule has 160 valence electrons. The Morgan fingerprint density at radius 1 is 1.23 bits per heavy atom. The fourth-order valence-corrected chi connectivity index (χ4v) is 2.49. The molecule has 2 heterocycles. The number of rotatable bonds is 10. The summed E-state index contributed by atoms with van der Waals surface area (Å²) in [4.78, 5) is 43.6. The van der Waals surface area contributed by atoms with Crippen LogP contribution < -0.4 is 5.32 Å². The molecule has 0 fully saturated rings. The first-order valence-electron chi connectivity index (χ1n) is 9.16. The Kier molecular flexibility index (Phi) is 7.19. The lowest BCUT2D eigenvalue weighted by molar-refractivity contribution is -0.139. The SMILES string of the molecule is O=C(O)CC(NC(=O)OCc1ccccc1)C(=O)Cn1nnc(/C=C/c2ncc[nH]2)n1. The molecule has 12 nitrogen and oxygen atoms in total. The smallest absolute Gasteiger partial charge is 0.408 e. The zero-order chi connectivity index (χ0) is 22.1. The number of carboxylic acids is 1. The van der Waals surface area contributed by atoms with E-state index in [1.807, 2.05) is 6.07 Å². The van der Waals surface area contributed by atoms with Crippen molar-refractivity contribution in [1.82, 2.24) is 35.5 Å². The van der Waals surface area contributed by atoms with Crippen molar-refractivity contribution in [2.75, 3.05) is 0 Å². The van der Waals surface area contributed by atoms with Crippen molar-refractivity contribution in [2.45, 2.75) is 25.6 Å². The number of nitrogens with zero attached hydrogens (tertiary/aromatic N) is 5. The molecule has 0 spiro atoms. The highest BCUT2D eigenvalue weighted by Crippen LogP contribution is 2.03. The summed E-state index contributed by atoms with van der Waals surface area (Å²) in [7, 11) is 0. The van der Waals surface area contributed by atoms with Gasteiger partial charge in [0.1, 0.15) is 25.0 Å². The summed E-state index contributed by atoms with van der Waals surface area (Å²) in [5, 5.41) is 22.9. The van der Waals surface area contributed by atoms with Crippen molar-refractivity contribution in [3.8, 4) is 0 Å². The molecule has 1 atom stereocenters. The van der Waals surface area contributed by atoms with Gasteiger partial charge in [-0.15, -0.1) is 10.2 Å². The standard InChI is InChI=1S/C19H19N7O5/c27-15(11-26-24-17(23-25-26)7-6-16-20-8-9-21-16)14(10-18(28)29)22-19(30)31-12-13-4-2-1-3-5-13/h1-9,14H,10-12H2,(H,20,21)(H,22,30)(H,28,29)/b7-6+. The Bertz CT molecular complexity index is 1050. The Hall–Kier alpha value is -4.35. The predicted molar refractivity (Wildman–Crippen MR) is 106 cm³/mol. The minimum absolute atomic E-state index is 0.0172. The van der Waals surface area contributed by atoms with E-state index in [-0.39, 0.29) is 19.0 Å². The van der Waals surface area contributed by atoms with E-state index in [4.69, 9.17) is 9.84 Å². The Labute approximate surface area is 175 Å². The molecule has 3 aromatic rings. The lowest BCUT2D eigenvalue weighted by atomic mass is 10.1. The van der Waals surface area contributed by atoms with Crippen LogP contribution in [0.15, 0.2) is 42.7 Å². The van der Waals surface area contributed by atoms with E-state index >= 15 is 0 Å². The number of H-pyrrole nitrogens is 1. The average Bonchev–Trinajstić information content (AvgIpc) is 3.42. The Morgan fingerprint density at radius 2 is 2.03 bits per heavy atom. The van der Waals surface area contributed by atoms with Gasteiger partial charge in [-0.3, -0.25) is 9.59 Å². The van der Waals surface area contributed by atoms with Gasteiger partial charge in [-0.05, 0) is 22.9 Å². The summed E-state index contributed by atoms with van der Waals surface area (Å²) in [6.07, 6.45) is 4.89. The van der Waals surface area contributed by atoms with Crippen LogP contribution in [-0.2, 0) is 27.5 Å². The van der Waals surface area contributed by atoms with E-state index in [2.05, 4.69) is 30.7 Å². The van der Waals surface area contributed by atoms with E-state index in [0.29, 0.717) is 5.82 Å². The Morgan fingerprint density at radius 3 is 2.74 bits per heavy atom. The number of ether oxygens (including phenoxy) is 1. The number of Topliss-reactive ketones (excluding diaryl/α,β-unsaturated/α-hetero) is 1. The van der Waals surface area contributed by atoms with Crippen LogP contribution in [0, 0.1) is 0 Å². The number of hydrogen-bond acceptors (Lipinski definition) is 8. The van der Waals surface area contributed by atoms with Gasteiger partial charge in [-0.2, -0.15) is 4.80 Å². The molecule has 0 bridgehead atoms.